The highest BCUT2D eigenvalue weighted by molar-refractivity contribution is 5.92. The number of aromatic amines is 1. The minimum absolute atomic E-state index is 0.109. The number of benzene rings is 1. The van der Waals surface area contributed by atoms with Gasteiger partial charge in [0.1, 0.15) is 5.69 Å². The Morgan fingerprint density at radius 2 is 2.15 bits per heavy atom. The number of carbonyl (C=O) groups excluding carboxylic acids is 1. The Balaban J connectivity index is 1.48. The van der Waals surface area contributed by atoms with Crippen LogP contribution in [0.1, 0.15) is 41.3 Å². The van der Waals surface area contributed by atoms with Crippen LogP contribution in [-0.4, -0.2) is 35.4 Å². The second kappa shape index (κ2) is 7.06. The number of carbonyl (C=O) groups is 1. The van der Waals surface area contributed by atoms with Crippen molar-refractivity contribution in [2.24, 2.45) is 7.05 Å². The van der Waals surface area contributed by atoms with Crippen molar-refractivity contribution < 1.29 is 4.79 Å². The zero-order valence-corrected chi connectivity index (χ0v) is 15.3. The van der Waals surface area contributed by atoms with Crippen molar-refractivity contribution in [1.82, 2.24) is 34.8 Å². The van der Waals surface area contributed by atoms with Crippen molar-refractivity contribution in [2.75, 3.05) is 0 Å². The van der Waals surface area contributed by atoms with E-state index < -0.39 is 0 Å². The van der Waals surface area contributed by atoms with Crippen molar-refractivity contribution in [3.8, 4) is 0 Å². The van der Waals surface area contributed by atoms with Crippen LogP contribution in [0.25, 0.3) is 11.0 Å². The fraction of sp³-hybridized carbons (Fsp3) is 0.263. The van der Waals surface area contributed by atoms with Gasteiger partial charge in [-0.2, -0.15) is 10.2 Å². The maximum absolute atomic E-state index is 12.6. The molecule has 0 aliphatic rings. The van der Waals surface area contributed by atoms with Crippen LogP contribution in [0.3, 0.4) is 0 Å². The SMILES string of the molecule is CC[C@H](NC(=O)c1cc(Cn2cnc3ccccc32)[nH]n1)c1ccnn1C. The van der Waals surface area contributed by atoms with Gasteiger partial charge in [0, 0.05) is 13.2 Å². The van der Waals surface area contributed by atoms with E-state index >= 15 is 0 Å². The Morgan fingerprint density at radius 1 is 1.30 bits per heavy atom. The summed E-state index contributed by atoms with van der Waals surface area (Å²) in [6, 6.07) is 11.5. The van der Waals surface area contributed by atoms with Gasteiger partial charge in [-0.25, -0.2) is 4.98 Å². The van der Waals surface area contributed by atoms with Gasteiger partial charge in [0.15, 0.2) is 0 Å². The van der Waals surface area contributed by atoms with Gasteiger partial charge < -0.3 is 9.88 Å². The maximum Gasteiger partial charge on any atom is 0.272 e. The zero-order valence-electron chi connectivity index (χ0n) is 15.3. The third kappa shape index (κ3) is 3.33. The number of hydrogen-bond donors (Lipinski definition) is 2. The van der Waals surface area contributed by atoms with E-state index in [1.807, 2.05) is 48.9 Å². The number of nitrogens with zero attached hydrogens (tertiary/aromatic N) is 5. The Labute approximate surface area is 156 Å². The minimum atomic E-state index is -0.207. The summed E-state index contributed by atoms with van der Waals surface area (Å²) >= 11 is 0. The standard InChI is InChI=1S/C19H21N7O/c1-3-14(17-8-9-21-25(17)2)22-19(27)16-10-13(23-24-16)11-26-12-20-15-6-4-5-7-18(15)26/h4-10,12,14H,3,11H2,1-2H3,(H,22,27)(H,23,24)/t14-/m0/s1. The second-order valence-corrected chi connectivity index (χ2v) is 6.45. The first-order chi connectivity index (χ1) is 13.2. The topological polar surface area (TPSA) is 93.4 Å². The predicted octanol–water partition coefficient (Wildman–Crippen LogP) is 2.42. The molecule has 0 aliphatic heterocycles. The lowest BCUT2D eigenvalue weighted by Crippen LogP contribution is -2.29. The van der Waals surface area contributed by atoms with Gasteiger partial charge in [0.2, 0.25) is 0 Å². The number of nitrogens with one attached hydrogen (secondary N) is 2. The molecule has 27 heavy (non-hydrogen) atoms. The zero-order chi connectivity index (χ0) is 18.8. The molecular weight excluding hydrogens is 342 g/mol. The number of para-hydroxylation sites is 2. The average Bonchev–Trinajstić information content (AvgIpc) is 3.41. The molecule has 2 N–H and O–H groups in total. The van der Waals surface area contributed by atoms with Crippen LogP contribution < -0.4 is 5.32 Å². The Kier molecular flexibility index (Phi) is 4.45. The molecule has 1 amide bonds. The Hall–Kier alpha value is -3.42. The number of aryl methyl sites for hydroxylation is 1. The molecule has 3 aromatic heterocycles. The van der Waals surface area contributed by atoms with E-state index in [0.717, 1.165) is 28.8 Å². The normalized spacial score (nSPS) is 12.4. The van der Waals surface area contributed by atoms with Gasteiger partial charge in [-0.1, -0.05) is 19.1 Å². The highest BCUT2D eigenvalue weighted by Crippen LogP contribution is 2.17. The molecule has 1 aromatic carbocycles. The molecule has 138 valence electrons. The highest BCUT2D eigenvalue weighted by atomic mass is 16.2. The molecule has 0 aliphatic carbocycles. The van der Waals surface area contributed by atoms with Crippen LogP contribution in [0.4, 0.5) is 0 Å². The number of amides is 1. The molecule has 8 nitrogen and oxygen atoms in total. The van der Waals surface area contributed by atoms with E-state index in [0.29, 0.717) is 12.2 Å². The molecule has 4 aromatic rings. The number of fused-ring (bicyclic) bond motifs is 1. The third-order valence-corrected chi connectivity index (χ3v) is 4.66. The molecule has 0 radical (unpaired) electrons. The van der Waals surface area contributed by atoms with E-state index in [-0.39, 0.29) is 11.9 Å². The van der Waals surface area contributed by atoms with Crippen LogP contribution in [-0.2, 0) is 13.6 Å². The Bertz CT molecular complexity index is 1070. The number of hydrogen-bond acceptors (Lipinski definition) is 4. The molecule has 0 bridgehead atoms. The summed E-state index contributed by atoms with van der Waals surface area (Å²) in [5.41, 5.74) is 4.16. The van der Waals surface area contributed by atoms with Crippen molar-refractivity contribution in [2.45, 2.75) is 25.9 Å². The molecule has 3 heterocycles. The monoisotopic (exact) mass is 363 g/mol. The third-order valence-electron chi connectivity index (χ3n) is 4.66. The van der Waals surface area contributed by atoms with Crippen molar-refractivity contribution >= 4 is 16.9 Å². The summed E-state index contributed by atoms with van der Waals surface area (Å²) in [6.07, 6.45) is 4.29. The lowest BCUT2D eigenvalue weighted by molar-refractivity contribution is 0.0929. The van der Waals surface area contributed by atoms with E-state index in [9.17, 15) is 4.79 Å². The fourth-order valence-corrected chi connectivity index (χ4v) is 3.22. The number of rotatable bonds is 6. The summed E-state index contributed by atoms with van der Waals surface area (Å²) in [7, 11) is 1.87. The molecule has 0 unspecified atom stereocenters. The van der Waals surface area contributed by atoms with Crippen LogP contribution >= 0.6 is 0 Å². The second-order valence-electron chi connectivity index (χ2n) is 6.45. The first-order valence-electron chi connectivity index (χ1n) is 8.88. The van der Waals surface area contributed by atoms with E-state index in [4.69, 9.17) is 0 Å². The van der Waals surface area contributed by atoms with Crippen LogP contribution in [0.15, 0.2) is 48.9 Å². The number of aromatic nitrogens is 6. The Morgan fingerprint density at radius 3 is 2.93 bits per heavy atom. The molecule has 0 saturated heterocycles. The molecular formula is C19H21N7O. The summed E-state index contributed by atoms with van der Waals surface area (Å²) < 4.78 is 3.80. The van der Waals surface area contributed by atoms with Crippen molar-refractivity contribution in [3.05, 3.63) is 66.0 Å². The first-order valence-corrected chi connectivity index (χ1v) is 8.88. The highest BCUT2D eigenvalue weighted by Gasteiger charge is 2.19. The van der Waals surface area contributed by atoms with Crippen molar-refractivity contribution in [3.63, 3.8) is 0 Å². The van der Waals surface area contributed by atoms with Gasteiger partial charge in [-0.3, -0.25) is 14.6 Å². The van der Waals surface area contributed by atoms with Gasteiger partial charge in [0.25, 0.3) is 5.91 Å². The van der Waals surface area contributed by atoms with E-state index in [1.54, 1.807) is 23.3 Å². The smallest absolute Gasteiger partial charge is 0.272 e. The number of H-pyrrole nitrogens is 1. The van der Waals surface area contributed by atoms with Gasteiger partial charge >= 0.3 is 0 Å². The van der Waals surface area contributed by atoms with E-state index in [1.165, 1.54) is 0 Å². The lowest BCUT2D eigenvalue weighted by Gasteiger charge is -2.16. The molecule has 0 spiro atoms. The molecule has 0 saturated carbocycles. The van der Waals surface area contributed by atoms with Crippen LogP contribution in [0.5, 0.6) is 0 Å². The minimum Gasteiger partial charge on any atom is -0.342 e. The summed E-state index contributed by atoms with van der Waals surface area (Å²) in [5.74, 6) is -0.207. The lowest BCUT2D eigenvalue weighted by atomic mass is 10.1. The van der Waals surface area contributed by atoms with Gasteiger partial charge in [0.05, 0.1) is 41.3 Å². The van der Waals surface area contributed by atoms with Gasteiger partial charge in [-0.05, 0) is 30.7 Å². The molecule has 4 rings (SSSR count). The predicted molar refractivity (Wildman–Crippen MR) is 101 cm³/mol. The number of imidazole rings is 1. The maximum atomic E-state index is 12.6. The average molecular weight is 363 g/mol. The largest absolute Gasteiger partial charge is 0.342 e. The van der Waals surface area contributed by atoms with Crippen LogP contribution in [0, 0.1) is 0 Å². The summed E-state index contributed by atoms with van der Waals surface area (Å²) in [6.45, 7) is 2.60. The van der Waals surface area contributed by atoms with Crippen molar-refractivity contribution in [1.29, 1.82) is 0 Å². The van der Waals surface area contributed by atoms with Crippen LogP contribution in [0.2, 0.25) is 0 Å². The summed E-state index contributed by atoms with van der Waals surface area (Å²) in [5, 5.41) is 14.3. The quantitative estimate of drug-likeness (QED) is 0.550. The summed E-state index contributed by atoms with van der Waals surface area (Å²) in [4.78, 5) is 17.0. The molecule has 1 atom stereocenters. The fourth-order valence-electron chi connectivity index (χ4n) is 3.22. The van der Waals surface area contributed by atoms with Gasteiger partial charge in [-0.15, -0.1) is 0 Å². The molecule has 0 fully saturated rings. The first kappa shape index (κ1) is 17.0. The van der Waals surface area contributed by atoms with E-state index in [2.05, 4.69) is 25.6 Å². The molecule has 8 heteroatoms.